The summed E-state index contributed by atoms with van der Waals surface area (Å²) in [7, 11) is 1.69. The molecule has 1 amide bonds. The molecule has 0 aromatic heterocycles. The van der Waals surface area contributed by atoms with E-state index in [1.54, 1.807) is 13.2 Å². The second kappa shape index (κ2) is 18.2. The minimum atomic E-state index is -0.585. The molecule has 3 atom stereocenters. The summed E-state index contributed by atoms with van der Waals surface area (Å²) in [5.74, 6) is 1.73. The van der Waals surface area contributed by atoms with Crippen LogP contribution < -0.4 is 21.1 Å². The van der Waals surface area contributed by atoms with E-state index >= 15 is 0 Å². The Labute approximate surface area is 217 Å². The minimum absolute atomic E-state index is 0. The number of aliphatic hydroxyl groups excluding tert-OH is 1. The molecule has 5 N–H and O–H groups in total. The number of ether oxygens (including phenoxy) is 2. The smallest absolute Gasteiger partial charge is 0.255 e. The molecule has 3 unspecified atom stereocenters. The fourth-order valence-electron chi connectivity index (χ4n) is 3.64. The van der Waals surface area contributed by atoms with Gasteiger partial charge in [0.1, 0.15) is 5.75 Å². The Hall–Kier alpha value is -1.09. The van der Waals surface area contributed by atoms with E-state index in [0.29, 0.717) is 50.0 Å². The first-order chi connectivity index (χ1) is 15.4. The number of para-hydroxylation sites is 1. The van der Waals surface area contributed by atoms with E-state index in [1.807, 2.05) is 18.2 Å². The Morgan fingerprint density at radius 2 is 1.82 bits per heavy atom. The predicted octanol–water partition coefficient (Wildman–Crippen LogP) is 3.42. The first-order valence-electron chi connectivity index (χ1n) is 12.1. The summed E-state index contributed by atoms with van der Waals surface area (Å²) in [5.41, 5.74) is 6.83. The van der Waals surface area contributed by atoms with Crippen molar-refractivity contribution in [2.24, 2.45) is 23.5 Å². The van der Waals surface area contributed by atoms with Crippen LogP contribution in [0.4, 0.5) is 0 Å². The molecule has 2 rings (SSSR count). The van der Waals surface area contributed by atoms with E-state index < -0.39 is 6.10 Å². The fraction of sp³-hybridized carbons (Fsp3) is 0.720. The molecule has 0 spiro atoms. The third-order valence-electron chi connectivity index (χ3n) is 6.15. The van der Waals surface area contributed by atoms with Gasteiger partial charge in [-0.1, -0.05) is 26.0 Å². The van der Waals surface area contributed by atoms with Crippen LogP contribution in [0, 0.1) is 17.8 Å². The van der Waals surface area contributed by atoms with Crippen molar-refractivity contribution >= 4 is 30.7 Å². The highest BCUT2D eigenvalue weighted by atomic mass is 35.5. The van der Waals surface area contributed by atoms with Crippen LogP contribution in [0.2, 0.25) is 0 Å². The molecule has 7 nitrogen and oxygen atoms in total. The monoisotopic (exact) mass is 521 g/mol. The number of carbonyl (C=O) groups excluding carboxylic acids is 1. The summed E-state index contributed by atoms with van der Waals surface area (Å²) in [6, 6.07) is 6.99. The number of halogens is 2. The lowest BCUT2D eigenvalue weighted by molar-refractivity contribution is 0.0927. The van der Waals surface area contributed by atoms with Gasteiger partial charge in [0, 0.05) is 32.8 Å². The van der Waals surface area contributed by atoms with E-state index in [0.717, 1.165) is 25.3 Å². The zero-order chi connectivity index (χ0) is 23.3. The molecule has 1 fully saturated rings. The molecule has 1 aliphatic rings. The number of amides is 1. The highest BCUT2D eigenvalue weighted by Crippen LogP contribution is 2.27. The quantitative estimate of drug-likeness (QED) is 0.234. The molecule has 1 aromatic rings. The number of benzene rings is 1. The summed E-state index contributed by atoms with van der Waals surface area (Å²) in [6.45, 7) is 7.48. The van der Waals surface area contributed by atoms with Crippen LogP contribution in [0.25, 0.3) is 0 Å². The van der Waals surface area contributed by atoms with Gasteiger partial charge in [-0.05, 0) is 68.5 Å². The second-order valence-corrected chi connectivity index (χ2v) is 9.33. The van der Waals surface area contributed by atoms with Gasteiger partial charge in [-0.3, -0.25) is 4.79 Å². The number of hydrogen-bond donors (Lipinski definition) is 4. The van der Waals surface area contributed by atoms with E-state index in [4.69, 9.17) is 15.2 Å². The lowest BCUT2D eigenvalue weighted by Gasteiger charge is -2.27. The molecule has 34 heavy (non-hydrogen) atoms. The number of unbranched alkanes of at least 4 members (excludes halogenated alkanes) is 1. The van der Waals surface area contributed by atoms with Crippen molar-refractivity contribution in [1.82, 2.24) is 10.6 Å². The topological polar surface area (TPSA) is 106 Å². The van der Waals surface area contributed by atoms with E-state index in [-0.39, 0.29) is 42.7 Å². The maximum atomic E-state index is 12.9. The maximum Gasteiger partial charge on any atom is 0.255 e. The summed E-state index contributed by atoms with van der Waals surface area (Å²) in [5, 5.41) is 16.8. The summed E-state index contributed by atoms with van der Waals surface area (Å²) in [6.07, 6.45) is 4.43. The highest BCUT2D eigenvalue weighted by Gasteiger charge is 2.25. The second-order valence-electron chi connectivity index (χ2n) is 9.33. The largest absolute Gasteiger partial charge is 0.493 e. The SMILES string of the molecule is COCCCCOc1ccccc1C(=O)NCC(CC(N)C(O)CNCC1CC1)C(C)C.Cl.Cl. The average molecular weight is 523 g/mol. The van der Waals surface area contributed by atoms with E-state index in [2.05, 4.69) is 24.5 Å². The third kappa shape index (κ3) is 12.6. The van der Waals surface area contributed by atoms with Crippen molar-refractivity contribution in [2.45, 2.75) is 58.1 Å². The van der Waals surface area contributed by atoms with Crippen molar-refractivity contribution in [2.75, 3.05) is 40.0 Å². The van der Waals surface area contributed by atoms with Gasteiger partial charge in [0.2, 0.25) is 0 Å². The van der Waals surface area contributed by atoms with E-state index in [1.165, 1.54) is 12.8 Å². The van der Waals surface area contributed by atoms with E-state index in [9.17, 15) is 9.90 Å². The van der Waals surface area contributed by atoms with Crippen LogP contribution >= 0.6 is 24.8 Å². The summed E-state index contributed by atoms with van der Waals surface area (Å²) >= 11 is 0. The molecule has 1 aliphatic carbocycles. The highest BCUT2D eigenvalue weighted by molar-refractivity contribution is 5.96. The maximum absolute atomic E-state index is 12.9. The van der Waals surface area contributed by atoms with Gasteiger partial charge in [-0.2, -0.15) is 0 Å². The average Bonchev–Trinajstić information content (AvgIpc) is 3.60. The molecule has 0 saturated heterocycles. The number of aliphatic hydroxyl groups is 1. The summed E-state index contributed by atoms with van der Waals surface area (Å²) in [4.78, 5) is 12.9. The Morgan fingerprint density at radius 1 is 1.15 bits per heavy atom. The van der Waals surface area contributed by atoms with Gasteiger partial charge < -0.3 is 30.9 Å². The Bertz CT molecular complexity index is 677. The van der Waals surface area contributed by atoms with Crippen LogP contribution in [0.3, 0.4) is 0 Å². The number of rotatable bonds is 17. The van der Waals surface area contributed by atoms with Crippen LogP contribution in [0.15, 0.2) is 24.3 Å². The van der Waals surface area contributed by atoms with Crippen molar-refractivity contribution in [3.05, 3.63) is 29.8 Å². The number of methoxy groups -OCH3 is 1. The molecule has 9 heteroatoms. The van der Waals surface area contributed by atoms with Gasteiger partial charge in [0.15, 0.2) is 0 Å². The molecule has 198 valence electrons. The van der Waals surface area contributed by atoms with Crippen LogP contribution in [-0.4, -0.2) is 63.1 Å². The molecule has 0 bridgehead atoms. The zero-order valence-electron chi connectivity index (χ0n) is 20.8. The minimum Gasteiger partial charge on any atom is -0.493 e. The number of nitrogens with two attached hydrogens (primary N) is 1. The lowest BCUT2D eigenvalue weighted by Crippen LogP contribution is -2.45. The Kier molecular flexibility index (Phi) is 17.6. The normalized spacial score (nSPS) is 15.6. The van der Waals surface area contributed by atoms with Crippen LogP contribution in [-0.2, 0) is 4.74 Å². The van der Waals surface area contributed by atoms with Crippen molar-refractivity contribution < 1.29 is 19.4 Å². The molecule has 1 aromatic carbocycles. The van der Waals surface area contributed by atoms with Gasteiger partial charge >= 0.3 is 0 Å². The van der Waals surface area contributed by atoms with Gasteiger partial charge in [-0.15, -0.1) is 24.8 Å². The van der Waals surface area contributed by atoms with Crippen LogP contribution in [0.1, 0.15) is 56.3 Å². The van der Waals surface area contributed by atoms with Gasteiger partial charge in [0.25, 0.3) is 5.91 Å². The third-order valence-corrected chi connectivity index (χ3v) is 6.15. The molecule has 0 radical (unpaired) electrons. The Balaban J connectivity index is 0.00000544. The molecule has 0 aliphatic heterocycles. The predicted molar refractivity (Wildman–Crippen MR) is 142 cm³/mol. The van der Waals surface area contributed by atoms with Gasteiger partial charge in [-0.25, -0.2) is 0 Å². The van der Waals surface area contributed by atoms with Crippen LogP contribution in [0.5, 0.6) is 5.75 Å². The van der Waals surface area contributed by atoms with Crippen molar-refractivity contribution in [3.63, 3.8) is 0 Å². The first-order valence-corrected chi connectivity index (χ1v) is 12.1. The van der Waals surface area contributed by atoms with Crippen molar-refractivity contribution in [3.8, 4) is 5.75 Å². The standard InChI is InChI=1S/C25H43N3O4.2ClH/c1-18(2)20(14-22(26)23(29)17-27-15-19-10-11-19)16-28-25(30)21-8-4-5-9-24(21)32-13-7-6-12-31-3;;/h4-5,8-9,18-20,22-23,27,29H,6-7,10-17,26H2,1-3H3,(H,28,30);2*1H. The number of hydrogen-bond acceptors (Lipinski definition) is 6. The molecular formula is C25H45Cl2N3O4. The fourth-order valence-corrected chi connectivity index (χ4v) is 3.64. The summed E-state index contributed by atoms with van der Waals surface area (Å²) < 4.78 is 10.9. The molecular weight excluding hydrogens is 477 g/mol. The first kappa shape index (κ1) is 32.9. The number of nitrogens with one attached hydrogen (secondary N) is 2. The zero-order valence-corrected chi connectivity index (χ0v) is 22.5. The van der Waals surface area contributed by atoms with Gasteiger partial charge in [0.05, 0.1) is 18.3 Å². The molecule has 0 heterocycles. The molecule has 1 saturated carbocycles. The Morgan fingerprint density at radius 3 is 2.47 bits per heavy atom. The van der Waals surface area contributed by atoms with Crippen molar-refractivity contribution in [1.29, 1.82) is 0 Å². The number of carbonyl (C=O) groups is 1. The lowest BCUT2D eigenvalue weighted by atomic mass is 9.87.